The number of hydrogen-bond donors (Lipinski definition) is 1. The molecule has 0 radical (unpaired) electrons. The predicted molar refractivity (Wildman–Crippen MR) is 68.7 cm³/mol. The third-order valence-corrected chi connectivity index (χ3v) is 3.45. The number of likely N-dealkylation sites (N-methyl/N-ethyl adjacent to an activating group) is 2. The van der Waals surface area contributed by atoms with Gasteiger partial charge >= 0.3 is 0 Å². The Labute approximate surface area is 103 Å². The van der Waals surface area contributed by atoms with E-state index in [9.17, 15) is 4.39 Å². The van der Waals surface area contributed by atoms with Crippen LogP contribution in [0.4, 0.5) is 4.39 Å². The van der Waals surface area contributed by atoms with Crippen molar-refractivity contribution in [2.24, 2.45) is 0 Å². The summed E-state index contributed by atoms with van der Waals surface area (Å²) in [5.74, 6) is 0.309. The summed E-state index contributed by atoms with van der Waals surface area (Å²) in [6.45, 7) is 5.23. The summed E-state index contributed by atoms with van der Waals surface area (Å²) >= 11 is 0. The van der Waals surface area contributed by atoms with Gasteiger partial charge in [-0.2, -0.15) is 0 Å². The van der Waals surface area contributed by atoms with Gasteiger partial charge in [0.15, 0.2) is 0 Å². The molecule has 0 amide bonds. The van der Waals surface area contributed by atoms with E-state index < -0.39 is 0 Å². The van der Waals surface area contributed by atoms with Crippen LogP contribution in [0.1, 0.15) is 24.8 Å². The molecule has 1 aliphatic rings. The first-order valence-electron chi connectivity index (χ1n) is 6.36. The van der Waals surface area contributed by atoms with Crippen molar-refractivity contribution >= 4 is 0 Å². The van der Waals surface area contributed by atoms with Crippen LogP contribution in [0.25, 0.3) is 0 Å². The van der Waals surface area contributed by atoms with Gasteiger partial charge in [-0.3, -0.25) is 0 Å². The Morgan fingerprint density at radius 2 is 2.24 bits per heavy atom. The molecule has 1 saturated heterocycles. The molecule has 1 fully saturated rings. The summed E-state index contributed by atoms with van der Waals surface area (Å²) in [7, 11) is 2.13. The van der Waals surface area contributed by atoms with Gasteiger partial charge in [-0.05, 0) is 43.6 Å². The molecule has 0 aromatic heterocycles. The molecule has 1 aromatic carbocycles. The van der Waals surface area contributed by atoms with Crippen molar-refractivity contribution in [1.82, 2.24) is 10.2 Å². The van der Waals surface area contributed by atoms with Crippen LogP contribution in [0.3, 0.4) is 0 Å². The molecule has 0 aliphatic carbocycles. The van der Waals surface area contributed by atoms with Crippen molar-refractivity contribution < 1.29 is 4.39 Å². The standard InChI is InChI=1S/C14H21FN2/c1-3-16-14-8-12(9-17(2)10-14)11-5-4-6-13(15)7-11/h4-7,12,14,16H,3,8-10H2,1-2H3. The first kappa shape index (κ1) is 12.5. The molecule has 3 heteroatoms. The van der Waals surface area contributed by atoms with E-state index in [0.717, 1.165) is 31.6 Å². The molecule has 2 unspecified atom stereocenters. The number of likely N-dealkylation sites (tertiary alicyclic amines) is 1. The minimum atomic E-state index is -0.129. The molecule has 1 N–H and O–H groups in total. The summed E-state index contributed by atoms with van der Waals surface area (Å²) in [6, 6.07) is 7.55. The Morgan fingerprint density at radius 1 is 1.41 bits per heavy atom. The lowest BCUT2D eigenvalue weighted by Gasteiger charge is -2.36. The van der Waals surface area contributed by atoms with Crippen molar-refractivity contribution in [2.75, 3.05) is 26.7 Å². The van der Waals surface area contributed by atoms with Gasteiger partial charge in [-0.1, -0.05) is 19.1 Å². The quantitative estimate of drug-likeness (QED) is 0.865. The zero-order valence-electron chi connectivity index (χ0n) is 10.6. The van der Waals surface area contributed by atoms with Gasteiger partial charge in [0.1, 0.15) is 5.82 Å². The number of nitrogens with zero attached hydrogens (tertiary/aromatic N) is 1. The van der Waals surface area contributed by atoms with Crippen LogP contribution < -0.4 is 5.32 Å². The fourth-order valence-corrected chi connectivity index (χ4v) is 2.76. The number of halogens is 1. The average molecular weight is 236 g/mol. The van der Waals surface area contributed by atoms with Crippen molar-refractivity contribution in [2.45, 2.75) is 25.3 Å². The molecule has 2 rings (SSSR count). The highest BCUT2D eigenvalue weighted by molar-refractivity contribution is 5.22. The number of piperidine rings is 1. The maximum Gasteiger partial charge on any atom is 0.123 e. The smallest absolute Gasteiger partial charge is 0.123 e. The van der Waals surface area contributed by atoms with Gasteiger partial charge in [0.25, 0.3) is 0 Å². The second-order valence-electron chi connectivity index (χ2n) is 4.96. The minimum absolute atomic E-state index is 0.129. The Hall–Kier alpha value is -0.930. The SMILES string of the molecule is CCNC1CC(c2cccc(F)c2)CN(C)C1. The maximum atomic E-state index is 13.2. The Balaban J connectivity index is 2.09. The van der Waals surface area contributed by atoms with Crippen LogP contribution in [0, 0.1) is 5.82 Å². The first-order valence-corrected chi connectivity index (χ1v) is 6.36. The van der Waals surface area contributed by atoms with Crippen molar-refractivity contribution in [1.29, 1.82) is 0 Å². The number of benzene rings is 1. The van der Waals surface area contributed by atoms with E-state index in [0.29, 0.717) is 12.0 Å². The fraction of sp³-hybridized carbons (Fsp3) is 0.571. The van der Waals surface area contributed by atoms with E-state index in [2.05, 4.69) is 24.2 Å². The van der Waals surface area contributed by atoms with Crippen LogP contribution in [-0.4, -0.2) is 37.6 Å². The second kappa shape index (κ2) is 5.61. The largest absolute Gasteiger partial charge is 0.313 e. The third-order valence-electron chi connectivity index (χ3n) is 3.45. The third kappa shape index (κ3) is 3.27. The molecule has 1 heterocycles. The van der Waals surface area contributed by atoms with Gasteiger partial charge in [0, 0.05) is 19.1 Å². The molecule has 0 bridgehead atoms. The van der Waals surface area contributed by atoms with Crippen molar-refractivity contribution in [3.63, 3.8) is 0 Å². The summed E-state index contributed by atoms with van der Waals surface area (Å²) in [6.07, 6.45) is 1.10. The second-order valence-corrected chi connectivity index (χ2v) is 4.96. The van der Waals surface area contributed by atoms with Crippen molar-refractivity contribution in [3.05, 3.63) is 35.6 Å². The first-order chi connectivity index (χ1) is 8.19. The lowest BCUT2D eigenvalue weighted by atomic mass is 9.88. The number of nitrogens with one attached hydrogen (secondary N) is 1. The van der Waals surface area contributed by atoms with E-state index in [1.807, 2.05) is 12.1 Å². The van der Waals surface area contributed by atoms with E-state index in [1.54, 1.807) is 6.07 Å². The molecule has 94 valence electrons. The summed E-state index contributed by atoms with van der Waals surface area (Å²) in [4.78, 5) is 2.33. The van der Waals surface area contributed by atoms with Crippen LogP contribution in [0.2, 0.25) is 0 Å². The fourth-order valence-electron chi connectivity index (χ4n) is 2.76. The monoisotopic (exact) mass is 236 g/mol. The highest BCUT2D eigenvalue weighted by Crippen LogP contribution is 2.26. The van der Waals surface area contributed by atoms with Crippen LogP contribution in [0.5, 0.6) is 0 Å². The molecule has 1 aliphatic heterocycles. The maximum absolute atomic E-state index is 13.2. The highest BCUT2D eigenvalue weighted by Gasteiger charge is 2.25. The predicted octanol–water partition coefficient (Wildman–Crippen LogP) is 2.22. The van der Waals surface area contributed by atoms with Gasteiger partial charge in [0.2, 0.25) is 0 Å². The number of hydrogen-bond acceptors (Lipinski definition) is 2. The molecule has 0 spiro atoms. The molecular formula is C14H21FN2. The average Bonchev–Trinajstić information content (AvgIpc) is 2.28. The van der Waals surface area contributed by atoms with E-state index in [4.69, 9.17) is 0 Å². The molecule has 1 aromatic rings. The van der Waals surface area contributed by atoms with E-state index in [1.165, 1.54) is 6.07 Å². The molecule has 2 atom stereocenters. The zero-order chi connectivity index (χ0) is 12.3. The molecule has 2 nitrogen and oxygen atoms in total. The number of rotatable bonds is 3. The Morgan fingerprint density at radius 3 is 2.94 bits per heavy atom. The van der Waals surface area contributed by atoms with Crippen molar-refractivity contribution in [3.8, 4) is 0 Å². The van der Waals surface area contributed by atoms with Gasteiger partial charge in [0.05, 0.1) is 0 Å². The van der Waals surface area contributed by atoms with Gasteiger partial charge in [-0.25, -0.2) is 4.39 Å². The molecular weight excluding hydrogens is 215 g/mol. The normalized spacial score (nSPS) is 26.1. The zero-order valence-corrected chi connectivity index (χ0v) is 10.6. The lowest BCUT2D eigenvalue weighted by Crippen LogP contribution is -2.46. The topological polar surface area (TPSA) is 15.3 Å². The summed E-state index contributed by atoms with van der Waals surface area (Å²) in [5.41, 5.74) is 1.12. The van der Waals surface area contributed by atoms with E-state index >= 15 is 0 Å². The summed E-state index contributed by atoms with van der Waals surface area (Å²) < 4.78 is 13.2. The van der Waals surface area contributed by atoms with Gasteiger partial charge < -0.3 is 10.2 Å². The van der Waals surface area contributed by atoms with Crippen LogP contribution >= 0.6 is 0 Å². The Kier molecular flexibility index (Phi) is 4.13. The van der Waals surface area contributed by atoms with Crippen LogP contribution in [0.15, 0.2) is 24.3 Å². The van der Waals surface area contributed by atoms with Crippen LogP contribution in [-0.2, 0) is 0 Å². The highest BCUT2D eigenvalue weighted by atomic mass is 19.1. The van der Waals surface area contributed by atoms with E-state index in [-0.39, 0.29) is 5.82 Å². The molecule has 17 heavy (non-hydrogen) atoms. The lowest BCUT2D eigenvalue weighted by molar-refractivity contribution is 0.206. The summed E-state index contributed by atoms with van der Waals surface area (Å²) in [5, 5.41) is 3.49. The Bertz CT molecular complexity index is 367. The minimum Gasteiger partial charge on any atom is -0.313 e. The van der Waals surface area contributed by atoms with Gasteiger partial charge in [-0.15, -0.1) is 0 Å². The molecule has 0 saturated carbocycles.